The van der Waals surface area contributed by atoms with Crippen LogP contribution in [0.1, 0.15) is 68.6 Å². The molecule has 0 radical (unpaired) electrons. The van der Waals surface area contributed by atoms with Gasteiger partial charge in [0.15, 0.2) is 0 Å². The maximum Gasteiger partial charge on any atom is 0.226 e. The molecule has 0 aromatic heterocycles. The van der Waals surface area contributed by atoms with E-state index in [4.69, 9.17) is 16.3 Å². The molecule has 182 valence electrons. The van der Waals surface area contributed by atoms with Gasteiger partial charge in [0.25, 0.3) is 0 Å². The van der Waals surface area contributed by atoms with Crippen molar-refractivity contribution in [3.63, 3.8) is 0 Å². The second-order valence-corrected chi connectivity index (χ2v) is 10.9. The van der Waals surface area contributed by atoms with Gasteiger partial charge in [-0.15, -0.1) is 0 Å². The Morgan fingerprint density at radius 2 is 1.85 bits per heavy atom. The number of ketones is 1. The normalized spacial score (nSPS) is 24.9. The maximum absolute atomic E-state index is 12.9. The van der Waals surface area contributed by atoms with Gasteiger partial charge in [0, 0.05) is 69.2 Å². The molecule has 0 bridgehead atoms. The molecule has 3 aliphatic rings. The summed E-state index contributed by atoms with van der Waals surface area (Å²) in [6, 6.07) is 4.22. The minimum atomic E-state index is 0.227. The average molecular weight is 475 g/mol. The van der Waals surface area contributed by atoms with Crippen LogP contribution < -0.4 is 0 Å². The minimum Gasteiger partial charge on any atom is -0.381 e. The average Bonchev–Trinajstić information content (AvgIpc) is 3.32. The van der Waals surface area contributed by atoms with E-state index in [1.807, 2.05) is 12.1 Å². The zero-order chi connectivity index (χ0) is 23.4. The zero-order valence-electron chi connectivity index (χ0n) is 20.3. The lowest BCUT2D eigenvalue weighted by Crippen LogP contribution is -2.54. The second kappa shape index (κ2) is 11.3. The van der Waals surface area contributed by atoms with Crippen molar-refractivity contribution in [1.82, 2.24) is 9.80 Å². The van der Waals surface area contributed by atoms with Gasteiger partial charge < -0.3 is 9.64 Å². The van der Waals surface area contributed by atoms with Crippen LogP contribution in [-0.4, -0.2) is 60.4 Å². The number of nitrogens with zero attached hydrogens (tertiary/aromatic N) is 2. The zero-order valence-corrected chi connectivity index (χ0v) is 21.0. The molecule has 1 aromatic rings. The summed E-state index contributed by atoms with van der Waals surface area (Å²) in [6.45, 7) is 9.17. The molecule has 0 N–H and O–H groups in total. The van der Waals surface area contributed by atoms with E-state index in [-0.39, 0.29) is 17.7 Å². The van der Waals surface area contributed by atoms with Crippen molar-refractivity contribution in [2.75, 3.05) is 32.8 Å². The predicted octanol–water partition coefficient (Wildman–Crippen LogP) is 4.80. The molecule has 1 aliphatic carbocycles. The summed E-state index contributed by atoms with van der Waals surface area (Å²) in [7, 11) is 0. The van der Waals surface area contributed by atoms with E-state index < -0.39 is 0 Å². The van der Waals surface area contributed by atoms with Crippen molar-refractivity contribution in [2.45, 2.75) is 77.8 Å². The number of carbonyl (C=O) groups excluding carboxylic acids is 2. The highest BCUT2D eigenvalue weighted by atomic mass is 35.5. The number of benzene rings is 1. The van der Waals surface area contributed by atoms with Crippen LogP contribution in [0.15, 0.2) is 12.1 Å². The van der Waals surface area contributed by atoms with Gasteiger partial charge in [-0.2, -0.15) is 0 Å². The summed E-state index contributed by atoms with van der Waals surface area (Å²) >= 11 is 6.48. The molecule has 3 fully saturated rings. The van der Waals surface area contributed by atoms with Gasteiger partial charge in [0.1, 0.15) is 5.78 Å². The fourth-order valence-corrected chi connectivity index (χ4v) is 6.14. The van der Waals surface area contributed by atoms with Crippen LogP contribution in [0, 0.1) is 18.8 Å². The Morgan fingerprint density at radius 1 is 1.09 bits per heavy atom. The van der Waals surface area contributed by atoms with Crippen molar-refractivity contribution >= 4 is 23.3 Å². The smallest absolute Gasteiger partial charge is 0.226 e. The predicted molar refractivity (Wildman–Crippen MR) is 131 cm³/mol. The summed E-state index contributed by atoms with van der Waals surface area (Å²) in [4.78, 5) is 30.2. The summed E-state index contributed by atoms with van der Waals surface area (Å²) in [5.41, 5.74) is 3.40. The highest BCUT2D eigenvalue weighted by Gasteiger charge is 2.33. The Labute approximate surface area is 203 Å². The first-order valence-electron chi connectivity index (χ1n) is 12.8. The van der Waals surface area contributed by atoms with Gasteiger partial charge in [-0.3, -0.25) is 14.5 Å². The van der Waals surface area contributed by atoms with Crippen molar-refractivity contribution in [3.8, 4) is 0 Å². The van der Waals surface area contributed by atoms with Gasteiger partial charge in [-0.05, 0) is 74.3 Å². The number of hydrogen-bond acceptors (Lipinski definition) is 4. The highest BCUT2D eigenvalue weighted by Crippen LogP contribution is 2.29. The summed E-state index contributed by atoms with van der Waals surface area (Å²) in [5, 5.41) is 0.697. The lowest BCUT2D eigenvalue weighted by atomic mass is 9.91. The van der Waals surface area contributed by atoms with Crippen LogP contribution >= 0.6 is 11.6 Å². The summed E-state index contributed by atoms with van der Waals surface area (Å²) in [6.07, 6.45) is 7.67. The monoisotopic (exact) mass is 474 g/mol. The van der Waals surface area contributed by atoms with E-state index in [1.165, 1.54) is 24.0 Å². The third-order valence-electron chi connectivity index (χ3n) is 7.84. The molecule has 1 aromatic carbocycles. The third kappa shape index (κ3) is 6.37. The fraction of sp³-hybridized carbons (Fsp3) is 0.704. The van der Waals surface area contributed by atoms with E-state index in [1.54, 1.807) is 0 Å². The lowest BCUT2D eigenvalue weighted by Gasteiger charge is -2.41. The molecule has 2 aliphatic heterocycles. The van der Waals surface area contributed by atoms with Gasteiger partial charge >= 0.3 is 0 Å². The Hall–Kier alpha value is -1.43. The SMILES string of the molecule is Cc1c(CC(=O)CC2CCCOC2)cc(Cl)cc1CN1CCN(C(=O)C2CCCC2)[C@@H](C)C1. The van der Waals surface area contributed by atoms with Crippen molar-refractivity contribution in [2.24, 2.45) is 11.8 Å². The van der Waals surface area contributed by atoms with Crippen LogP contribution in [0.4, 0.5) is 0 Å². The first-order valence-corrected chi connectivity index (χ1v) is 13.2. The standard InChI is InChI=1S/C27H39ClN2O3/c1-19-16-29(9-10-30(19)27(32)22-7-3-4-8-22)17-24-14-25(28)13-23(20(24)2)15-26(31)12-21-6-5-11-33-18-21/h13-14,19,21-22H,3-12,15-18H2,1-2H3/t19-,21?/m0/s1. The van der Waals surface area contributed by atoms with E-state index in [9.17, 15) is 9.59 Å². The molecule has 2 saturated heterocycles. The number of piperazine rings is 1. The van der Waals surface area contributed by atoms with Crippen molar-refractivity contribution < 1.29 is 14.3 Å². The van der Waals surface area contributed by atoms with Crippen LogP contribution in [0.2, 0.25) is 5.02 Å². The molecule has 0 spiro atoms. The third-order valence-corrected chi connectivity index (χ3v) is 8.06. The largest absolute Gasteiger partial charge is 0.381 e. The van der Waals surface area contributed by atoms with Crippen LogP contribution in [-0.2, 0) is 27.3 Å². The van der Waals surface area contributed by atoms with Crippen LogP contribution in [0.25, 0.3) is 0 Å². The first kappa shape index (κ1) is 24.7. The van der Waals surface area contributed by atoms with Gasteiger partial charge in [0.2, 0.25) is 5.91 Å². The van der Waals surface area contributed by atoms with Gasteiger partial charge in [0.05, 0.1) is 0 Å². The molecular formula is C27H39ClN2O3. The topological polar surface area (TPSA) is 49.9 Å². The molecular weight excluding hydrogens is 436 g/mol. The molecule has 2 atom stereocenters. The first-order chi connectivity index (χ1) is 15.9. The number of rotatable bonds is 7. The van der Waals surface area contributed by atoms with Crippen molar-refractivity contribution in [3.05, 3.63) is 33.8 Å². The Kier molecular flexibility index (Phi) is 8.48. The number of carbonyl (C=O) groups is 2. The van der Waals surface area contributed by atoms with E-state index in [0.29, 0.717) is 36.3 Å². The molecule has 5 nitrogen and oxygen atoms in total. The fourth-order valence-electron chi connectivity index (χ4n) is 5.87. The van der Waals surface area contributed by atoms with Crippen molar-refractivity contribution in [1.29, 1.82) is 0 Å². The number of halogens is 1. The molecule has 2 heterocycles. The van der Waals surface area contributed by atoms with Gasteiger partial charge in [-0.25, -0.2) is 0 Å². The maximum atomic E-state index is 12.9. The summed E-state index contributed by atoms with van der Waals surface area (Å²) < 4.78 is 5.54. The van der Waals surface area contributed by atoms with E-state index in [2.05, 4.69) is 23.6 Å². The van der Waals surface area contributed by atoms with Crippen LogP contribution in [0.3, 0.4) is 0 Å². The van der Waals surface area contributed by atoms with Crippen LogP contribution in [0.5, 0.6) is 0 Å². The lowest BCUT2D eigenvalue weighted by molar-refractivity contribution is -0.140. The number of ether oxygens (including phenoxy) is 1. The van der Waals surface area contributed by atoms with E-state index >= 15 is 0 Å². The molecule has 33 heavy (non-hydrogen) atoms. The highest BCUT2D eigenvalue weighted by molar-refractivity contribution is 6.30. The molecule has 1 saturated carbocycles. The summed E-state index contributed by atoms with van der Waals surface area (Å²) in [5.74, 6) is 1.24. The second-order valence-electron chi connectivity index (χ2n) is 10.4. The van der Waals surface area contributed by atoms with E-state index in [0.717, 1.165) is 64.0 Å². The number of amides is 1. The molecule has 1 amide bonds. The Bertz CT molecular complexity index is 846. The Morgan fingerprint density at radius 3 is 2.55 bits per heavy atom. The molecule has 6 heteroatoms. The number of Topliss-reactive ketones (excluding diaryl/α,β-unsaturated/α-hetero) is 1. The minimum absolute atomic E-state index is 0.227. The molecule has 1 unspecified atom stereocenters. The van der Waals surface area contributed by atoms with Gasteiger partial charge in [-0.1, -0.05) is 24.4 Å². The number of hydrogen-bond donors (Lipinski definition) is 0. The quantitative estimate of drug-likeness (QED) is 0.569. The Balaban J connectivity index is 1.35. The molecule has 4 rings (SSSR count).